The predicted octanol–water partition coefficient (Wildman–Crippen LogP) is 34.9. The summed E-state index contributed by atoms with van der Waals surface area (Å²) < 4.78 is 42.0. The van der Waals surface area contributed by atoms with Crippen LogP contribution in [0.1, 0.15) is 316 Å². The molecule has 4 unspecified atom stereocenters. The zero-order valence-corrected chi connectivity index (χ0v) is 93.3. The van der Waals surface area contributed by atoms with Crippen molar-refractivity contribution in [2.75, 3.05) is 0 Å². The van der Waals surface area contributed by atoms with Crippen molar-refractivity contribution in [3.63, 3.8) is 0 Å². The first-order valence-electron chi connectivity index (χ1n) is 53.4. The minimum absolute atomic E-state index is 0.463. The van der Waals surface area contributed by atoms with Gasteiger partial charge >= 0.3 is 0 Å². The Bertz CT molecular complexity index is 7020. The molecule has 2 fully saturated rings. The van der Waals surface area contributed by atoms with E-state index < -0.39 is 0 Å². The summed E-state index contributed by atoms with van der Waals surface area (Å²) in [4.78, 5) is 13.3. The molecule has 2 saturated carbocycles. The van der Waals surface area contributed by atoms with Crippen LogP contribution < -0.4 is 22.8 Å². The SMILES string of the molecule is CC.CC.CC.CC.CC.CC.CC.CC.CC.CC.CC.CC.CC.CC.CC.Cc1ccc2c(oc3cc4c(cc32)C4)c1-c1cccc[n+]1C.Cc1ccc2c(oc3ncccc32)c1-c1c2c(cc[n+]1C)C2.Cc1ccc2c(oc3ncccc32)c1-c1cc2c(c[n+]1C)C2.Cc1ccc2c3c(oc2c1-c1cccc[n+]1C)C1CC1N=C3.Cc1ccc2c3c(oc2c1-c1cccc[n+]1C)C=CC1CC31. The van der Waals surface area contributed by atoms with Crippen LogP contribution in [0.25, 0.3) is 150 Å². The monoisotopic (exact) mass is 1890 g/mol. The Morgan fingerprint density at radius 1 is 0.307 bits per heavy atom. The quantitative estimate of drug-likeness (QED) is 0.157. The highest BCUT2D eigenvalue weighted by Crippen LogP contribution is 2.57. The van der Waals surface area contributed by atoms with E-state index in [9.17, 15) is 0 Å². The first-order chi connectivity index (χ1) is 68.7. The summed E-state index contributed by atoms with van der Waals surface area (Å²) in [6.45, 7) is 70.8. The van der Waals surface area contributed by atoms with E-state index in [4.69, 9.17) is 22.1 Å². The van der Waals surface area contributed by atoms with E-state index in [2.05, 4.69) is 296 Å². The maximum atomic E-state index is 6.36. The Morgan fingerprint density at radius 3 is 1.20 bits per heavy atom. The van der Waals surface area contributed by atoms with Crippen molar-refractivity contribution < 1.29 is 44.9 Å². The van der Waals surface area contributed by atoms with Gasteiger partial charge < -0.3 is 22.1 Å². The second-order valence-electron chi connectivity index (χ2n) is 31.3. The van der Waals surface area contributed by atoms with Gasteiger partial charge in [-0.25, -0.2) is 32.8 Å². The third kappa shape index (κ3) is 24.6. The molecule has 25 rings (SSSR count). The number of rotatable bonds is 5. The fourth-order valence-corrected chi connectivity index (χ4v) is 17.7. The Labute approximate surface area is 841 Å². The number of aromatic nitrogens is 7. The van der Waals surface area contributed by atoms with Crippen LogP contribution in [0, 0.1) is 40.5 Å². The van der Waals surface area contributed by atoms with Gasteiger partial charge in [0.05, 0.1) is 33.9 Å². The Balaban J connectivity index is 0.000000251. The summed E-state index contributed by atoms with van der Waals surface area (Å²) in [5.74, 6) is 4.14. The molecule has 0 saturated heterocycles. The molecule has 140 heavy (non-hydrogen) atoms. The van der Waals surface area contributed by atoms with Crippen molar-refractivity contribution in [2.24, 2.45) is 46.1 Å². The molecule has 0 spiro atoms. The molecule has 744 valence electrons. The molecule has 13 heteroatoms. The van der Waals surface area contributed by atoms with Crippen molar-refractivity contribution in [3.05, 3.63) is 297 Å². The zero-order chi connectivity index (χ0) is 104. The summed E-state index contributed by atoms with van der Waals surface area (Å²) in [7, 11) is 10.5. The number of hydrogen-bond acceptors (Lipinski definition) is 8. The fourth-order valence-electron chi connectivity index (χ4n) is 17.7. The van der Waals surface area contributed by atoms with E-state index in [1.54, 1.807) is 12.4 Å². The highest BCUT2D eigenvalue weighted by molar-refractivity contribution is 6.12. The smallest absolute Gasteiger partial charge is 0.227 e. The summed E-state index contributed by atoms with van der Waals surface area (Å²) in [5, 5.41) is 9.38. The van der Waals surface area contributed by atoms with Gasteiger partial charge in [0.15, 0.2) is 42.2 Å². The molecule has 6 aliphatic carbocycles. The molecule has 6 aromatic carbocycles. The highest BCUT2D eigenvalue weighted by Gasteiger charge is 2.46. The largest absolute Gasteiger partial charge is 0.459 e. The lowest BCUT2D eigenvalue weighted by molar-refractivity contribution is -0.660. The van der Waals surface area contributed by atoms with Crippen molar-refractivity contribution in [2.45, 2.75) is 292 Å². The Kier molecular flexibility index (Phi) is 46.8. The molecule has 1 aliphatic heterocycles. The highest BCUT2D eigenvalue weighted by atomic mass is 16.4. The van der Waals surface area contributed by atoms with E-state index >= 15 is 0 Å². The minimum atomic E-state index is 0.463. The summed E-state index contributed by atoms with van der Waals surface area (Å²) in [5.41, 5.74) is 36.9. The molecule has 0 amide bonds. The third-order valence-electron chi connectivity index (χ3n) is 24.0. The van der Waals surface area contributed by atoms with Crippen LogP contribution in [0.3, 0.4) is 0 Å². The maximum absolute atomic E-state index is 6.36. The normalized spacial score (nSPS) is 13.5. The van der Waals surface area contributed by atoms with Crippen LogP contribution in [0.2, 0.25) is 0 Å². The van der Waals surface area contributed by atoms with E-state index in [1.165, 1.54) is 157 Å². The van der Waals surface area contributed by atoms with Gasteiger partial charge in [0.25, 0.3) is 0 Å². The van der Waals surface area contributed by atoms with Crippen LogP contribution >= 0.6 is 0 Å². The first kappa shape index (κ1) is 116. The van der Waals surface area contributed by atoms with Gasteiger partial charge in [-0.15, -0.1) is 0 Å². The van der Waals surface area contributed by atoms with Crippen LogP contribution in [0.4, 0.5) is 0 Å². The van der Waals surface area contributed by atoms with Gasteiger partial charge in [-0.2, -0.15) is 0 Å². The minimum Gasteiger partial charge on any atom is -0.459 e. The molecule has 13 heterocycles. The van der Waals surface area contributed by atoms with E-state index in [0.29, 0.717) is 29.3 Å². The molecule has 13 nitrogen and oxygen atoms in total. The van der Waals surface area contributed by atoms with Crippen LogP contribution in [-0.2, 0) is 54.5 Å². The Hall–Kier alpha value is -12.7. The molecule has 4 atom stereocenters. The lowest BCUT2D eigenvalue weighted by Gasteiger charge is -2.05. The topological polar surface area (TPSA) is 123 Å². The van der Waals surface area contributed by atoms with Gasteiger partial charge in [0, 0.05) is 151 Å². The van der Waals surface area contributed by atoms with Crippen molar-refractivity contribution in [3.8, 4) is 56.3 Å². The van der Waals surface area contributed by atoms with E-state index in [1.807, 2.05) is 232 Å². The second-order valence-corrected chi connectivity index (χ2v) is 31.3. The fraction of sp³-hybridized carbons (Fsp3) is 0.386. The van der Waals surface area contributed by atoms with Gasteiger partial charge in [0.2, 0.25) is 39.9 Å². The van der Waals surface area contributed by atoms with Gasteiger partial charge in [-0.3, -0.25) is 4.99 Å². The average Bonchev–Trinajstić information content (AvgIpc) is 1.57. The number of aliphatic imine (C=N–C) groups is 1. The number of pyridine rings is 7. The number of allylic oxidation sites excluding steroid dienone is 1. The number of aryl methyl sites for hydroxylation is 10. The maximum Gasteiger partial charge on any atom is 0.227 e. The molecular weight excluding hydrogens is 1720 g/mol. The molecule has 0 radical (unpaired) electrons. The first-order valence-corrected chi connectivity index (χ1v) is 53.4. The summed E-state index contributed by atoms with van der Waals surface area (Å²) in [6.07, 6.45) is 26.4. The van der Waals surface area contributed by atoms with Gasteiger partial charge in [0.1, 0.15) is 69.1 Å². The molecule has 18 aromatic rings. The van der Waals surface area contributed by atoms with Crippen molar-refractivity contribution in [1.29, 1.82) is 0 Å². The molecular formula is C127H171N8O5+5. The molecule has 12 aromatic heterocycles. The molecule has 7 aliphatic rings. The molecule has 0 bridgehead atoms. The predicted molar refractivity (Wildman–Crippen MR) is 603 cm³/mol. The number of fused-ring (bicyclic) bond motifs is 22. The van der Waals surface area contributed by atoms with Gasteiger partial charge in [-0.05, 0) is 176 Å². The number of benzene rings is 6. The van der Waals surface area contributed by atoms with E-state index in [-0.39, 0.29) is 0 Å². The molecule has 0 N–H and O–H groups in total. The zero-order valence-electron chi connectivity index (χ0n) is 93.3. The standard InChI is InChI=1S/C20H18NO.C20H16NO.2C19H15N2O.C19H17N2O.15C2H6/c1-12-6-8-14-19-15-11-13(15)7-9-17(19)22-20(14)18(12)16-5-3-4-10-21(16)2;1-12-6-7-15-16-10-13-9-14(13)11-18(16)22-20(15)19(12)17-5-3-4-8-21(17)2;1-11-5-6-13-14-4-3-8-20-19(14)22-18(13)16(11)17-15-10-12(15)7-9-21(17)2;1-11-5-6-14-15-4-3-7-20-19(15)22-18(14)17(11)16-9-12-8-13(12)10-21(16)2;1-11-6-7-12-14-10-20-15-9-13(15)18(14)22-19(12)17(11)16-5-3-4-8-21(16)2;15*1-2/h3-10,13,15H,11H2,1-2H3;3-8,10-11H,9H2,1-2H3;3-9H,10H2,1-2H3;3-7,9-10H,8H2,1-2H3;3-8,10,13,15H,9H2,1-2H3;15*1-2H3/q5*+1;;;;;;;;;;;;;;;. The summed E-state index contributed by atoms with van der Waals surface area (Å²) in [6, 6.07) is 58.2. The lowest BCUT2D eigenvalue weighted by Crippen LogP contribution is -2.30. The van der Waals surface area contributed by atoms with Crippen molar-refractivity contribution >= 4 is 100 Å². The van der Waals surface area contributed by atoms with Crippen LogP contribution in [0.15, 0.2) is 240 Å². The van der Waals surface area contributed by atoms with Crippen molar-refractivity contribution in [1.82, 2.24) is 9.97 Å². The third-order valence-corrected chi connectivity index (χ3v) is 24.0. The number of furan rings is 5. The number of hydrogen-bond donors (Lipinski definition) is 0. The van der Waals surface area contributed by atoms with Crippen LogP contribution in [-0.4, -0.2) is 22.2 Å². The summed E-state index contributed by atoms with van der Waals surface area (Å²) >= 11 is 0. The second kappa shape index (κ2) is 56.5. The average molecular weight is 1890 g/mol. The van der Waals surface area contributed by atoms with Gasteiger partial charge in [-0.1, -0.05) is 274 Å². The van der Waals surface area contributed by atoms with Crippen LogP contribution in [0.5, 0.6) is 0 Å². The van der Waals surface area contributed by atoms with E-state index in [0.717, 1.165) is 98.2 Å². The Morgan fingerprint density at radius 2 is 0.714 bits per heavy atom. The lowest BCUT2D eigenvalue weighted by atomic mass is 9.96. The number of nitrogens with zero attached hydrogens (tertiary/aromatic N) is 8.